The summed E-state index contributed by atoms with van der Waals surface area (Å²) in [6.45, 7) is 6.45. The van der Waals surface area contributed by atoms with Crippen molar-refractivity contribution in [3.8, 4) is 5.75 Å². The van der Waals surface area contributed by atoms with Gasteiger partial charge in [0.2, 0.25) is 0 Å². The zero-order valence-corrected chi connectivity index (χ0v) is 14.7. The smallest absolute Gasteiger partial charge is 0.260 e. The monoisotopic (exact) mass is 345 g/mol. The quantitative estimate of drug-likeness (QED) is 0.837. The van der Waals surface area contributed by atoms with E-state index in [0.717, 1.165) is 44.0 Å². The van der Waals surface area contributed by atoms with Gasteiger partial charge in [-0.15, -0.1) is 0 Å². The topological polar surface area (TPSA) is 47.4 Å². The summed E-state index contributed by atoms with van der Waals surface area (Å²) in [5.41, 5.74) is 1.15. The second-order valence-electron chi connectivity index (χ2n) is 6.65. The Bertz CT molecular complexity index is 707. The van der Waals surface area contributed by atoms with Gasteiger partial charge in [0.25, 0.3) is 5.91 Å². The number of aromatic nitrogens is 2. The minimum absolute atomic E-state index is 0.0124. The van der Waals surface area contributed by atoms with Crippen molar-refractivity contribution in [2.24, 2.45) is 5.92 Å². The summed E-state index contributed by atoms with van der Waals surface area (Å²) in [6.07, 6.45) is 4.00. The fraction of sp³-hybridized carbons (Fsp3) is 0.474. The fourth-order valence-corrected chi connectivity index (χ4v) is 3.32. The summed E-state index contributed by atoms with van der Waals surface area (Å²) in [5, 5.41) is 0. The van der Waals surface area contributed by atoms with Gasteiger partial charge in [-0.25, -0.2) is 9.37 Å². The molecule has 6 heteroatoms. The number of amides is 1. The molecule has 3 rings (SSSR count). The van der Waals surface area contributed by atoms with Crippen LogP contribution < -0.4 is 4.74 Å². The number of aryl methyl sites for hydroxylation is 2. The van der Waals surface area contributed by atoms with Crippen LogP contribution in [0.3, 0.4) is 0 Å². The molecular weight excluding hydrogens is 321 g/mol. The molecule has 25 heavy (non-hydrogen) atoms. The van der Waals surface area contributed by atoms with Gasteiger partial charge in [-0.1, -0.05) is 0 Å². The van der Waals surface area contributed by atoms with E-state index >= 15 is 0 Å². The fourth-order valence-electron chi connectivity index (χ4n) is 3.32. The number of rotatable bonds is 5. The molecule has 5 nitrogen and oxygen atoms in total. The van der Waals surface area contributed by atoms with Gasteiger partial charge in [-0.05, 0) is 56.9 Å². The van der Waals surface area contributed by atoms with Gasteiger partial charge >= 0.3 is 0 Å². The van der Waals surface area contributed by atoms with Crippen LogP contribution in [-0.2, 0) is 11.3 Å². The number of halogens is 1. The van der Waals surface area contributed by atoms with Crippen molar-refractivity contribution in [1.29, 1.82) is 0 Å². The van der Waals surface area contributed by atoms with Gasteiger partial charge in [0.1, 0.15) is 17.4 Å². The Hall–Kier alpha value is -2.37. The number of ether oxygens (including phenoxy) is 1. The van der Waals surface area contributed by atoms with Crippen LogP contribution in [0, 0.1) is 25.6 Å². The van der Waals surface area contributed by atoms with Crippen LogP contribution in [0.15, 0.2) is 30.5 Å². The van der Waals surface area contributed by atoms with E-state index in [9.17, 15) is 9.18 Å². The molecule has 1 aliphatic rings. The average Bonchev–Trinajstić information content (AvgIpc) is 2.93. The Morgan fingerprint density at radius 1 is 1.32 bits per heavy atom. The van der Waals surface area contributed by atoms with Crippen LogP contribution in [0.1, 0.15) is 24.4 Å². The summed E-state index contributed by atoms with van der Waals surface area (Å²) in [5.74, 6) is 1.61. The first kappa shape index (κ1) is 17.5. The van der Waals surface area contributed by atoms with Gasteiger partial charge in [0, 0.05) is 31.5 Å². The van der Waals surface area contributed by atoms with Crippen molar-refractivity contribution >= 4 is 5.91 Å². The van der Waals surface area contributed by atoms with E-state index < -0.39 is 0 Å². The van der Waals surface area contributed by atoms with Crippen LogP contribution in [0.5, 0.6) is 5.75 Å². The molecule has 134 valence electrons. The normalized spacial score (nSPS) is 17.6. The molecular formula is C19H24FN3O2. The summed E-state index contributed by atoms with van der Waals surface area (Å²) < 4.78 is 20.6. The first-order valence-corrected chi connectivity index (χ1v) is 8.68. The number of piperidine rings is 1. The molecule has 0 saturated carbocycles. The van der Waals surface area contributed by atoms with Crippen molar-refractivity contribution in [2.75, 3.05) is 19.7 Å². The van der Waals surface area contributed by atoms with E-state index in [0.29, 0.717) is 11.7 Å². The molecule has 1 aliphatic heterocycles. The van der Waals surface area contributed by atoms with Crippen molar-refractivity contribution < 1.29 is 13.9 Å². The van der Waals surface area contributed by atoms with E-state index in [4.69, 9.17) is 4.74 Å². The summed E-state index contributed by atoms with van der Waals surface area (Å²) in [7, 11) is 0. The molecule has 1 saturated heterocycles. The van der Waals surface area contributed by atoms with Crippen LogP contribution in [0.25, 0.3) is 0 Å². The maximum atomic E-state index is 12.9. The van der Waals surface area contributed by atoms with Crippen molar-refractivity contribution in [2.45, 2.75) is 33.2 Å². The number of hydrogen-bond acceptors (Lipinski definition) is 3. The Balaban J connectivity index is 1.53. The van der Waals surface area contributed by atoms with Gasteiger partial charge in [-0.2, -0.15) is 0 Å². The molecule has 1 fully saturated rings. The van der Waals surface area contributed by atoms with Gasteiger partial charge in [0.05, 0.1) is 0 Å². The lowest BCUT2D eigenvalue weighted by Crippen LogP contribution is -2.43. The Labute approximate surface area is 147 Å². The Kier molecular flexibility index (Phi) is 5.36. The highest BCUT2D eigenvalue weighted by molar-refractivity contribution is 5.77. The molecule has 0 N–H and O–H groups in total. The van der Waals surface area contributed by atoms with Crippen LogP contribution in [0.2, 0.25) is 0 Å². The highest BCUT2D eigenvalue weighted by atomic mass is 19.1. The first-order chi connectivity index (χ1) is 12.0. The van der Waals surface area contributed by atoms with E-state index in [1.165, 1.54) is 24.3 Å². The number of carbonyl (C=O) groups is 1. The predicted octanol–water partition coefficient (Wildman–Crippen LogP) is 2.96. The number of carbonyl (C=O) groups excluding carboxylic acids is 1. The maximum Gasteiger partial charge on any atom is 0.260 e. The lowest BCUT2D eigenvalue weighted by atomic mass is 9.97. The van der Waals surface area contributed by atoms with E-state index in [1.54, 1.807) is 0 Å². The number of likely N-dealkylation sites (tertiary alicyclic amines) is 1. The molecule has 1 aromatic carbocycles. The minimum Gasteiger partial charge on any atom is -0.484 e. The van der Waals surface area contributed by atoms with Crippen LogP contribution in [0.4, 0.5) is 4.39 Å². The third-order valence-corrected chi connectivity index (χ3v) is 4.74. The Morgan fingerprint density at radius 2 is 2.08 bits per heavy atom. The van der Waals surface area contributed by atoms with Gasteiger partial charge in [-0.3, -0.25) is 4.79 Å². The molecule has 0 aliphatic carbocycles. The zero-order valence-electron chi connectivity index (χ0n) is 14.7. The zero-order chi connectivity index (χ0) is 17.8. The molecule has 1 aromatic heterocycles. The predicted molar refractivity (Wildman–Crippen MR) is 92.9 cm³/mol. The standard InChI is InChI=1S/C19H24FN3O2/c1-14-10-21-15(2)23(14)12-16-4-3-9-22(11-16)19(24)13-25-18-7-5-17(20)6-8-18/h5-8,10,16H,3-4,9,11-13H2,1-2H3. The molecule has 1 atom stereocenters. The van der Waals surface area contributed by atoms with Gasteiger partial charge < -0.3 is 14.2 Å². The molecule has 2 heterocycles. The summed E-state index contributed by atoms with van der Waals surface area (Å²) in [6, 6.07) is 5.72. The van der Waals surface area contributed by atoms with Crippen LogP contribution in [-0.4, -0.2) is 40.1 Å². The molecule has 0 radical (unpaired) electrons. The Morgan fingerprint density at radius 3 is 2.76 bits per heavy atom. The number of nitrogens with zero attached hydrogens (tertiary/aromatic N) is 3. The molecule has 1 amide bonds. The number of hydrogen-bond donors (Lipinski definition) is 0. The molecule has 1 unspecified atom stereocenters. The first-order valence-electron chi connectivity index (χ1n) is 8.68. The van der Waals surface area contributed by atoms with Crippen molar-refractivity contribution in [1.82, 2.24) is 14.5 Å². The molecule has 0 spiro atoms. The highest BCUT2D eigenvalue weighted by Gasteiger charge is 2.24. The second kappa shape index (κ2) is 7.68. The van der Waals surface area contributed by atoms with E-state index in [-0.39, 0.29) is 18.3 Å². The van der Waals surface area contributed by atoms with Crippen LogP contribution >= 0.6 is 0 Å². The summed E-state index contributed by atoms with van der Waals surface area (Å²) >= 11 is 0. The largest absolute Gasteiger partial charge is 0.484 e. The molecule has 2 aromatic rings. The number of imidazole rings is 1. The minimum atomic E-state index is -0.317. The lowest BCUT2D eigenvalue weighted by Gasteiger charge is -2.33. The van der Waals surface area contributed by atoms with Gasteiger partial charge in [0.15, 0.2) is 6.61 Å². The molecule has 0 bridgehead atoms. The third-order valence-electron chi connectivity index (χ3n) is 4.74. The SMILES string of the molecule is Cc1cnc(C)n1CC1CCCN(C(=O)COc2ccc(F)cc2)C1. The summed E-state index contributed by atoms with van der Waals surface area (Å²) in [4.78, 5) is 18.6. The number of benzene rings is 1. The lowest BCUT2D eigenvalue weighted by molar-refractivity contribution is -0.135. The van der Waals surface area contributed by atoms with Crippen molar-refractivity contribution in [3.63, 3.8) is 0 Å². The average molecular weight is 345 g/mol. The maximum absolute atomic E-state index is 12.9. The highest BCUT2D eigenvalue weighted by Crippen LogP contribution is 2.20. The third kappa shape index (κ3) is 4.38. The van der Waals surface area contributed by atoms with E-state index in [1.807, 2.05) is 18.0 Å². The van der Waals surface area contributed by atoms with E-state index in [2.05, 4.69) is 16.5 Å². The van der Waals surface area contributed by atoms with Crippen molar-refractivity contribution in [3.05, 3.63) is 47.8 Å². The second-order valence-corrected chi connectivity index (χ2v) is 6.65.